The Morgan fingerprint density at radius 3 is 2.38 bits per heavy atom. The fraction of sp³-hybridized carbons (Fsp3) is 0. The average Bonchev–Trinajstić information content (AvgIpc) is 1.65. The van der Waals surface area contributed by atoms with Crippen LogP contribution in [0.1, 0.15) is 0 Å². The summed E-state index contributed by atoms with van der Waals surface area (Å²) in [7, 11) is 0. The maximum absolute atomic E-state index is 9.64. The number of rotatable bonds is 0. The molecular weight excluding hydrogens is 112 g/mol. The number of guanidine groups is 1. The molecule has 0 unspecified atom stereocenters. The zero-order valence-corrected chi connectivity index (χ0v) is 3.96. The maximum Gasteiger partial charge on any atom is 0.411 e. The summed E-state index contributed by atoms with van der Waals surface area (Å²) in [6, 6.07) is 0. The SMILES string of the molecule is NN=C(N)NC(=O)O. The summed E-state index contributed by atoms with van der Waals surface area (Å²) >= 11 is 0. The number of carbonyl (C=O) groups is 1. The predicted molar refractivity (Wildman–Crippen MR) is 27.0 cm³/mol. The molecule has 0 aromatic heterocycles. The van der Waals surface area contributed by atoms with Crippen LogP contribution in [0.15, 0.2) is 5.10 Å². The smallest absolute Gasteiger partial charge is 0.411 e. The van der Waals surface area contributed by atoms with Crippen LogP contribution in [0, 0.1) is 0 Å². The van der Waals surface area contributed by atoms with E-state index >= 15 is 0 Å². The standard InChI is InChI=1S/C2H6N4O2/c3-1(6-4)5-2(7)8/h4H2,(H,7,8)(H3,3,5,6). The van der Waals surface area contributed by atoms with Gasteiger partial charge in [-0.3, -0.25) is 5.32 Å². The minimum atomic E-state index is -1.28. The summed E-state index contributed by atoms with van der Waals surface area (Å²) in [5.41, 5.74) is 4.81. The zero-order chi connectivity index (χ0) is 6.57. The number of nitrogens with two attached hydrogens (primary N) is 2. The number of hydrazone groups is 1. The molecule has 0 aliphatic carbocycles. The van der Waals surface area contributed by atoms with Crippen LogP contribution < -0.4 is 16.9 Å². The molecule has 0 radical (unpaired) electrons. The van der Waals surface area contributed by atoms with Gasteiger partial charge in [-0.25, -0.2) is 4.79 Å². The van der Waals surface area contributed by atoms with Crippen LogP contribution in [-0.4, -0.2) is 17.2 Å². The van der Waals surface area contributed by atoms with Gasteiger partial charge in [-0.15, -0.1) is 5.10 Å². The fourth-order valence-corrected chi connectivity index (χ4v) is 0.142. The van der Waals surface area contributed by atoms with Crippen molar-refractivity contribution in [3.63, 3.8) is 0 Å². The van der Waals surface area contributed by atoms with E-state index in [2.05, 4.69) is 10.9 Å². The molecule has 0 aromatic rings. The Labute approximate surface area is 45.2 Å². The van der Waals surface area contributed by atoms with E-state index in [-0.39, 0.29) is 5.96 Å². The molecule has 0 atom stereocenters. The summed E-state index contributed by atoms with van der Waals surface area (Å²) in [6.07, 6.45) is -1.28. The molecule has 0 spiro atoms. The minimum Gasteiger partial charge on any atom is -0.465 e. The molecule has 6 nitrogen and oxygen atoms in total. The summed E-state index contributed by atoms with van der Waals surface area (Å²) < 4.78 is 0. The first kappa shape index (κ1) is 6.54. The van der Waals surface area contributed by atoms with Crippen molar-refractivity contribution in [2.24, 2.45) is 16.7 Å². The van der Waals surface area contributed by atoms with Crippen molar-refractivity contribution >= 4 is 12.1 Å². The van der Waals surface area contributed by atoms with E-state index in [1.807, 2.05) is 0 Å². The van der Waals surface area contributed by atoms with Crippen molar-refractivity contribution in [1.82, 2.24) is 5.32 Å². The summed E-state index contributed by atoms with van der Waals surface area (Å²) in [4.78, 5) is 9.64. The van der Waals surface area contributed by atoms with Gasteiger partial charge in [-0.05, 0) is 0 Å². The van der Waals surface area contributed by atoms with E-state index in [1.165, 1.54) is 0 Å². The third-order valence-electron chi connectivity index (χ3n) is 0.374. The van der Waals surface area contributed by atoms with Crippen molar-refractivity contribution in [1.29, 1.82) is 0 Å². The molecule has 0 saturated heterocycles. The van der Waals surface area contributed by atoms with Gasteiger partial charge in [0.05, 0.1) is 0 Å². The quantitative estimate of drug-likeness (QED) is 0.133. The van der Waals surface area contributed by atoms with E-state index in [1.54, 1.807) is 5.32 Å². The number of carboxylic acid groups (broad SMARTS) is 1. The first-order valence-electron chi connectivity index (χ1n) is 1.70. The molecule has 0 rings (SSSR count). The van der Waals surface area contributed by atoms with Crippen molar-refractivity contribution in [2.75, 3.05) is 0 Å². The lowest BCUT2D eigenvalue weighted by molar-refractivity contribution is 0.200. The normalized spacial score (nSPS) is 10.8. The van der Waals surface area contributed by atoms with E-state index in [4.69, 9.17) is 10.8 Å². The van der Waals surface area contributed by atoms with Crippen LogP contribution in [0.5, 0.6) is 0 Å². The topological polar surface area (TPSA) is 114 Å². The third kappa shape index (κ3) is 2.76. The molecule has 1 amide bonds. The van der Waals surface area contributed by atoms with Gasteiger partial charge >= 0.3 is 6.09 Å². The third-order valence-corrected chi connectivity index (χ3v) is 0.374. The van der Waals surface area contributed by atoms with Gasteiger partial charge in [0.15, 0.2) is 0 Å². The zero-order valence-electron chi connectivity index (χ0n) is 3.96. The Kier molecular flexibility index (Phi) is 2.18. The first-order valence-corrected chi connectivity index (χ1v) is 1.70. The summed E-state index contributed by atoms with van der Waals surface area (Å²) in [5, 5.41) is 12.4. The number of nitrogens with zero attached hydrogens (tertiary/aromatic N) is 1. The lowest BCUT2D eigenvalue weighted by Gasteiger charge is -1.93. The predicted octanol–water partition coefficient (Wildman–Crippen LogP) is -1.56. The highest BCUT2D eigenvalue weighted by molar-refractivity contribution is 5.91. The lowest BCUT2D eigenvalue weighted by atomic mass is 10.9. The number of amides is 1. The lowest BCUT2D eigenvalue weighted by Crippen LogP contribution is -2.36. The fourth-order valence-electron chi connectivity index (χ4n) is 0.142. The Morgan fingerprint density at radius 2 is 2.25 bits per heavy atom. The van der Waals surface area contributed by atoms with Crippen LogP contribution in [0.3, 0.4) is 0 Å². The summed E-state index contributed by atoms with van der Waals surface area (Å²) in [6.45, 7) is 0. The van der Waals surface area contributed by atoms with Gasteiger partial charge in [0, 0.05) is 0 Å². The van der Waals surface area contributed by atoms with Gasteiger partial charge in [0.2, 0.25) is 5.96 Å². The molecule has 0 aliphatic heterocycles. The van der Waals surface area contributed by atoms with Crippen molar-refractivity contribution in [2.45, 2.75) is 0 Å². The van der Waals surface area contributed by atoms with Crippen LogP contribution in [-0.2, 0) is 0 Å². The van der Waals surface area contributed by atoms with Gasteiger partial charge in [0.25, 0.3) is 0 Å². The molecule has 0 fully saturated rings. The molecule has 0 heterocycles. The van der Waals surface area contributed by atoms with Crippen LogP contribution in [0.25, 0.3) is 0 Å². The maximum atomic E-state index is 9.64. The molecule has 46 valence electrons. The molecule has 0 aromatic carbocycles. The van der Waals surface area contributed by atoms with E-state index in [0.29, 0.717) is 0 Å². The highest BCUT2D eigenvalue weighted by Crippen LogP contribution is 1.56. The average molecular weight is 118 g/mol. The Balaban J connectivity index is 3.56. The molecule has 0 bridgehead atoms. The first-order chi connectivity index (χ1) is 3.66. The second-order valence-electron chi connectivity index (χ2n) is 0.944. The number of nitrogens with one attached hydrogen (secondary N) is 1. The highest BCUT2D eigenvalue weighted by atomic mass is 16.4. The van der Waals surface area contributed by atoms with E-state index < -0.39 is 6.09 Å². The van der Waals surface area contributed by atoms with Crippen molar-refractivity contribution < 1.29 is 9.90 Å². The second-order valence-corrected chi connectivity index (χ2v) is 0.944. The molecule has 6 N–H and O–H groups in total. The largest absolute Gasteiger partial charge is 0.465 e. The van der Waals surface area contributed by atoms with Gasteiger partial charge in [-0.2, -0.15) is 0 Å². The highest BCUT2D eigenvalue weighted by Gasteiger charge is 1.93. The van der Waals surface area contributed by atoms with Crippen LogP contribution in [0.4, 0.5) is 4.79 Å². The molecule has 0 saturated carbocycles. The Hall–Kier alpha value is -1.46. The number of hydrogen-bond acceptors (Lipinski definition) is 3. The molecule has 0 aliphatic rings. The van der Waals surface area contributed by atoms with Crippen LogP contribution >= 0.6 is 0 Å². The van der Waals surface area contributed by atoms with Gasteiger partial charge in [0.1, 0.15) is 0 Å². The monoisotopic (exact) mass is 118 g/mol. The van der Waals surface area contributed by atoms with Crippen LogP contribution in [0.2, 0.25) is 0 Å². The van der Waals surface area contributed by atoms with E-state index in [0.717, 1.165) is 0 Å². The Bertz CT molecular complexity index is 119. The minimum absolute atomic E-state index is 0.322. The van der Waals surface area contributed by atoms with Crippen molar-refractivity contribution in [3.05, 3.63) is 0 Å². The van der Waals surface area contributed by atoms with Crippen molar-refractivity contribution in [3.8, 4) is 0 Å². The van der Waals surface area contributed by atoms with Gasteiger partial charge in [-0.1, -0.05) is 0 Å². The summed E-state index contributed by atoms with van der Waals surface area (Å²) in [5.74, 6) is 4.24. The van der Waals surface area contributed by atoms with Gasteiger partial charge < -0.3 is 16.7 Å². The number of hydrogen-bond donors (Lipinski definition) is 4. The molecular formula is C2H6N4O2. The Morgan fingerprint density at radius 1 is 1.75 bits per heavy atom. The van der Waals surface area contributed by atoms with E-state index in [9.17, 15) is 4.79 Å². The molecule has 6 heteroatoms. The molecule has 8 heavy (non-hydrogen) atoms. The second kappa shape index (κ2) is 2.67.